The number of carbonyl (C=O) groups is 1. The first-order valence-electron chi connectivity index (χ1n) is 10.1. The highest BCUT2D eigenvalue weighted by atomic mass is 32.2. The summed E-state index contributed by atoms with van der Waals surface area (Å²) in [5.41, 5.74) is 8.90. The van der Waals surface area contributed by atoms with Gasteiger partial charge in [0.05, 0.1) is 23.1 Å². The molecule has 0 radical (unpaired) electrons. The Morgan fingerprint density at radius 1 is 0.971 bits per heavy atom. The van der Waals surface area contributed by atoms with Crippen LogP contribution in [0.1, 0.15) is 16.1 Å². The Bertz CT molecular complexity index is 1700. The molecule has 3 aromatic carbocycles. The van der Waals surface area contributed by atoms with Crippen LogP contribution in [0, 0.1) is 5.82 Å². The number of para-hydroxylation sites is 2. The molecule has 2 heterocycles. The summed E-state index contributed by atoms with van der Waals surface area (Å²) >= 11 is 0. The van der Waals surface area contributed by atoms with E-state index in [2.05, 4.69) is 9.97 Å². The first-order valence-corrected chi connectivity index (χ1v) is 11.6. The molecule has 5 rings (SSSR count). The van der Waals surface area contributed by atoms with Crippen LogP contribution in [0.2, 0.25) is 0 Å². The number of hydrogen-bond acceptors (Lipinski definition) is 5. The predicted octanol–water partition coefficient (Wildman–Crippen LogP) is 3.78. The highest BCUT2D eigenvalue weighted by Gasteiger charge is 2.21. The Kier molecular flexibility index (Phi) is 5.11. The third-order valence-corrected chi connectivity index (χ3v) is 6.25. The van der Waals surface area contributed by atoms with E-state index in [0.29, 0.717) is 38.6 Å². The van der Waals surface area contributed by atoms with E-state index in [-0.39, 0.29) is 18.1 Å². The summed E-state index contributed by atoms with van der Waals surface area (Å²) in [7, 11) is -4.58. The third-order valence-electron chi connectivity index (χ3n) is 5.47. The molecule has 2 aromatic heterocycles. The number of fused-ring (bicyclic) bond motifs is 2. The molecule has 10 heteroatoms. The summed E-state index contributed by atoms with van der Waals surface area (Å²) in [4.78, 5) is 20.3. The monoisotopic (exact) mass is 476 g/mol. The number of benzene rings is 3. The van der Waals surface area contributed by atoms with Crippen molar-refractivity contribution in [2.75, 3.05) is 0 Å². The van der Waals surface area contributed by atoms with Gasteiger partial charge in [0.1, 0.15) is 11.5 Å². The van der Waals surface area contributed by atoms with Crippen molar-refractivity contribution in [2.24, 2.45) is 5.73 Å². The van der Waals surface area contributed by atoms with Gasteiger partial charge in [0.2, 0.25) is 0 Å². The maximum atomic E-state index is 13.4. The standard InChI is InChI=1S/C24H17FN4O4S/c25-16-8-6-15(7-9-16)18-12-21(23(26)30)27-20-11-14(5-10-17(18)20)13-29-22-4-2-1-3-19(22)28-24(29)34(31,32)33/h1-12H,13H2,(H2,26,30)(H,31,32,33). The average molecular weight is 476 g/mol. The molecule has 0 fully saturated rings. The van der Waals surface area contributed by atoms with Gasteiger partial charge in [0, 0.05) is 5.39 Å². The second kappa shape index (κ2) is 8.01. The molecule has 8 nitrogen and oxygen atoms in total. The van der Waals surface area contributed by atoms with Gasteiger partial charge in [-0.1, -0.05) is 36.4 Å². The van der Waals surface area contributed by atoms with Crippen LogP contribution in [-0.2, 0) is 16.7 Å². The number of pyridine rings is 1. The molecule has 0 saturated heterocycles. The van der Waals surface area contributed by atoms with E-state index >= 15 is 0 Å². The fraction of sp³-hybridized carbons (Fsp3) is 0.0417. The minimum atomic E-state index is -4.58. The summed E-state index contributed by atoms with van der Waals surface area (Å²) in [6.07, 6.45) is 0. The molecule has 5 aromatic rings. The Morgan fingerprint density at radius 2 is 1.71 bits per heavy atom. The summed E-state index contributed by atoms with van der Waals surface area (Å²) in [6.45, 7) is 0.0694. The van der Waals surface area contributed by atoms with Crippen molar-refractivity contribution in [1.82, 2.24) is 14.5 Å². The fourth-order valence-electron chi connectivity index (χ4n) is 3.95. The first kappa shape index (κ1) is 21.7. The van der Waals surface area contributed by atoms with E-state index in [4.69, 9.17) is 5.73 Å². The molecular weight excluding hydrogens is 459 g/mol. The van der Waals surface area contributed by atoms with Crippen LogP contribution >= 0.6 is 0 Å². The predicted molar refractivity (Wildman–Crippen MR) is 124 cm³/mol. The molecule has 0 aliphatic carbocycles. The lowest BCUT2D eigenvalue weighted by molar-refractivity contribution is 0.0996. The van der Waals surface area contributed by atoms with E-state index in [1.807, 2.05) is 0 Å². The van der Waals surface area contributed by atoms with Crippen LogP contribution in [0.4, 0.5) is 4.39 Å². The number of hydrogen-bond donors (Lipinski definition) is 2. The molecule has 170 valence electrons. The molecule has 0 aliphatic heterocycles. The van der Waals surface area contributed by atoms with Gasteiger partial charge in [-0.2, -0.15) is 8.42 Å². The number of nitrogens with zero attached hydrogens (tertiary/aromatic N) is 3. The van der Waals surface area contributed by atoms with Crippen LogP contribution < -0.4 is 5.73 Å². The topological polar surface area (TPSA) is 128 Å². The molecule has 1 amide bonds. The summed E-state index contributed by atoms with van der Waals surface area (Å²) in [5.74, 6) is -1.10. The van der Waals surface area contributed by atoms with E-state index in [1.165, 1.54) is 16.7 Å². The molecule has 0 aliphatic rings. The zero-order valence-electron chi connectivity index (χ0n) is 17.5. The third kappa shape index (κ3) is 3.89. The van der Waals surface area contributed by atoms with Gasteiger partial charge < -0.3 is 10.3 Å². The van der Waals surface area contributed by atoms with Crippen molar-refractivity contribution in [1.29, 1.82) is 0 Å². The van der Waals surface area contributed by atoms with Gasteiger partial charge >= 0.3 is 10.1 Å². The minimum absolute atomic E-state index is 0.0377. The molecule has 34 heavy (non-hydrogen) atoms. The largest absolute Gasteiger partial charge is 0.364 e. The second-order valence-corrected chi connectivity index (χ2v) is 9.04. The average Bonchev–Trinajstić information content (AvgIpc) is 3.18. The molecule has 0 unspecified atom stereocenters. The Hall–Kier alpha value is -4.15. The van der Waals surface area contributed by atoms with E-state index in [1.54, 1.807) is 60.7 Å². The highest BCUT2D eigenvalue weighted by molar-refractivity contribution is 7.85. The number of aromatic nitrogens is 3. The Morgan fingerprint density at radius 3 is 2.41 bits per heavy atom. The number of imidazole rings is 1. The minimum Gasteiger partial charge on any atom is -0.364 e. The second-order valence-electron chi connectivity index (χ2n) is 7.72. The van der Waals surface area contributed by atoms with E-state index in [9.17, 15) is 22.2 Å². The van der Waals surface area contributed by atoms with Crippen molar-refractivity contribution < 1.29 is 22.2 Å². The lowest BCUT2D eigenvalue weighted by Gasteiger charge is -2.12. The van der Waals surface area contributed by atoms with Gasteiger partial charge in [-0.05, 0) is 53.1 Å². The van der Waals surface area contributed by atoms with Crippen LogP contribution in [0.25, 0.3) is 33.1 Å². The SMILES string of the molecule is NC(=O)c1cc(-c2ccc(F)cc2)c2ccc(Cn3c(S(=O)(=O)O)nc4ccccc43)cc2n1. The number of rotatable bonds is 5. The van der Waals surface area contributed by atoms with Gasteiger partial charge in [0.15, 0.2) is 0 Å². The van der Waals surface area contributed by atoms with E-state index in [0.717, 1.165) is 0 Å². The van der Waals surface area contributed by atoms with Crippen LogP contribution in [-0.4, -0.2) is 33.4 Å². The van der Waals surface area contributed by atoms with Crippen LogP contribution in [0.15, 0.2) is 78.0 Å². The molecule has 0 atom stereocenters. The van der Waals surface area contributed by atoms with Crippen LogP contribution in [0.5, 0.6) is 0 Å². The van der Waals surface area contributed by atoms with Gasteiger partial charge in [-0.25, -0.2) is 14.4 Å². The number of primary amides is 1. The van der Waals surface area contributed by atoms with Gasteiger partial charge in [-0.15, -0.1) is 0 Å². The Balaban J connectivity index is 1.67. The smallest absolute Gasteiger partial charge is 0.328 e. The van der Waals surface area contributed by atoms with Crippen LogP contribution in [0.3, 0.4) is 0 Å². The number of halogens is 1. The van der Waals surface area contributed by atoms with Crippen molar-refractivity contribution in [3.05, 3.63) is 89.9 Å². The zero-order valence-corrected chi connectivity index (χ0v) is 18.3. The zero-order chi connectivity index (χ0) is 24.0. The van der Waals surface area contributed by atoms with Crippen molar-refractivity contribution >= 4 is 38.0 Å². The summed E-state index contributed by atoms with van der Waals surface area (Å²) < 4.78 is 48.4. The molecular formula is C24H17FN4O4S. The van der Waals surface area contributed by atoms with Crippen molar-refractivity contribution in [3.8, 4) is 11.1 Å². The van der Waals surface area contributed by atoms with E-state index < -0.39 is 21.2 Å². The lowest BCUT2D eigenvalue weighted by atomic mass is 9.98. The quantitative estimate of drug-likeness (QED) is 0.372. The van der Waals surface area contributed by atoms with Crippen molar-refractivity contribution in [2.45, 2.75) is 11.7 Å². The normalized spacial score (nSPS) is 11.8. The first-order chi connectivity index (χ1) is 16.2. The Labute approximate surface area is 193 Å². The maximum Gasteiger partial charge on any atom is 0.328 e. The van der Waals surface area contributed by atoms with Gasteiger partial charge in [-0.3, -0.25) is 9.35 Å². The molecule has 0 saturated carbocycles. The fourth-order valence-corrected chi connectivity index (χ4v) is 4.61. The van der Waals surface area contributed by atoms with Gasteiger partial charge in [0.25, 0.3) is 11.1 Å². The summed E-state index contributed by atoms with van der Waals surface area (Å²) in [5, 5.41) is 0.227. The summed E-state index contributed by atoms with van der Waals surface area (Å²) in [6, 6.07) is 19.5. The molecule has 0 bridgehead atoms. The molecule has 3 N–H and O–H groups in total. The number of amides is 1. The maximum absolute atomic E-state index is 13.4. The lowest BCUT2D eigenvalue weighted by Crippen LogP contribution is -2.13. The van der Waals surface area contributed by atoms with Crippen molar-refractivity contribution in [3.63, 3.8) is 0 Å². The number of carbonyl (C=O) groups excluding carboxylic acids is 1. The number of nitrogens with two attached hydrogens (primary N) is 1. The molecule has 0 spiro atoms. The highest BCUT2D eigenvalue weighted by Crippen LogP contribution is 2.30.